The van der Waals surface area contributed by atoms with Crippen LogP contribution in [0.4, 0.5) is 15.8 Å². The van der Waals surface area contributed by atoms with Crippen LogP contribution in [0.5, 0.6) is 5.75 Å². The Hall–Kier alpha value is -2.96. The van der Waals surface area contributed by atoms with Crippen molar-refractivity contribution in [1.29, 1.82) is 0 Å². The van der Waals surface area contributed by atoms with E-state index < -0.39 is 22.3 Å². The third kappa shape index (κ3) is 4.52. The molecule has 1 N–H and O–H groups in total. The Labute approximate surface area is 138 Å². The Kier molecular flexibility index (Phi) is 5.83. The third-order valence-corrected chi connectivity index (χ3v) is 3.26. The van der Waals surface area contributed by atoms with Gasteiger partial charge in [0, 0.05) is 17.3 Å². The Bertz CT molecular complexity index is 749. The number of hydrogen-bond acceptors (Lipinski definition) is 4. The number of benzene rings is 2. The number of anilines is 1. The molecular formula is C17H17FN2O4. The zero-order valence-electron chi connectivity index (χ0n) is 13.1. The van der Waals surface area contributed by atoms with Crippen LogP contribution >= 0.6 is 0 Å². The van der Waals surface area contributed by atoms with Crippen LogP contribution in [-0.2, 0) is 0 Å². The number of carbonyl (C=O) groups is 1. The maximum Gasteiger partial charge on any atom is 0.306 e. The number of amides is 1. The SMILES string of the molecule is CCCCOc1cccc(C(=O)Nc2ccc(F)c([N+](=O)[O-])c2)c1. The van der Waals surface area contributed by atoms with Crippen LogP contribution in [-0.4, -0.2) is 17.4 Å². The number of nitrogens with zero attached hydrogens (tertiary/aromatic N) is 1. The number of halogens is 1. The molecule has 0 radical (unpaired) electrons. The quantitative estimate of drug-likeness (QED) is 0.469. The van der Waals surface area contributed by atoms with E-state index in [4.69, 9.17) is 4.74 Å². The number of nitro groups is 1. The van der Waals surface area contributed by atoms with E-state index in [1.54, 1.807) is 24.3 Å². The van der Waals surface area contributed by atoms with Crippen molar-refractivity contribution in [2.24, 2.45) is 0 Å². The van der Waals surface area contributed by atoms with Crippen LogP contribution in [0.3, 0.4) is 0 Å². The number of nitrogens with one attached hydrogen (secondary N) is 1. The van der Waals surface area contributed by atoms with E-state index >= 15 is 0 Å². The highest BCUT2D eigenvalue weighted by molar-refractivity contribution is 6.04. The summed E-state index contributed by atoms with van der Waals surface area (Å²) in [5.74, 6) is -0.845. The van der Waals surface area contributed by atoms with Gasteiger partial charge in [-0.15, -0.1) is 0 Å². The van der Waals surface area contributed by atoms with Crippen LogP contribution in [0.2, 0.25) is 0 Å². The molecule has 0 heterocycles. The average Bonchev–Trinajstić information content (AvgIpc) is 2.57. The molecular weight excluding hydrogens is 315 g/mol. The monoisotopic (exact) mass is 332 g/mol. The lowest BCUT2D eigenvalue weighted by atomic mass is 10.2. The molecule has 2 aromatic rings. The van der Waals surface area contributed by atoms with Gasteiger partial charge in [-0.3, -0.25) is 14.9 Å². The molecule has 126 valence electrons. The number of nitro benzene ring substituents is 1. The molecule has 0 saturated carbocycles. The van der Waals surface area contributed by atoms with Crippen LogP contribution in [0.15, 0.2) is 42.5 Å². The predicted octanol–water partition coefficient (Wildman–Crippen LogP) is 4.17. The lowest BCUT2D eigenvalue weighted by Gasteiger charge is -2.08. The summed E-state index contributed by atoms with van der Waals surface area (Å²) in [4.78, 5) is 22.1. The Morgan fingerprint density at radius 3 is 2.79 bits per heavy atom. The van der Waals surface area contributed by atoms with E-state index in [1.165, 1.54) is 6.07 Å². The van der Waals surface area contributed by atoms with E-state index in [0.29, 0.717) is 17.9 Å². The highest BCUT2D eigenvalue weighted by Gasteiger charge is 2.16. The summed E-state index contributed by atoms with van der Waals surface area (Å²) in [6.07, 6.45) is 1.92. The predicted molar refractivity (Wildman–Crippen MR) is 87.9 cm³/mol. The molecule has 0 aromatic heterocycles. The van der Waals surface area contributed by atoms with Crippen LogP contribution in [0.25, 0.3) is 0 Å². The molecule has 24 heavy (non-hydrogen) atoms. The molecule has 6 nitrogen and oxygen atoms in total. The second-order valence-corrected chi connectivity index (χ2v) is 5.11. The smallest absolute Gasteiger partial charge is 0.306 e. The molecule has 0 aliphatic rings. The minimum absolute atomic E-state index is 0.144. The van der Waals surface area contributed by atoms with Gasteiger partial charge in [0.1, 0.15) is 5.75 Å². The molecule has 0 atom stereocenters. The van der Waals surface area contributed by atoms with Crippen molar-refractivity contribution in [3.63, 3.8) is 0 Å². The number of unbranched alkanes of at least 4 members (excludes halogenated alkanes) is 1. The van der Waals surface area contributed by atoms with Gasteiger partial charge in [0.25, 0.3) is 5.91 Å². The van der Waals surface area contributed by atoms with E-state index in [1.807, 2.05) is 0 Å². The maximum atomic E-state index is 13.3. The topological polar surface area (TPSA) is 81.5 Å². The van der Waals surface area contributed by atoms with E-state index in [-0.39, 0.29) is 5.69 Å². The van der Waals surface area contributed by atoms with Gasteiger partial charge in [-0.05, 0) is 36.8 Å². The highest BCUT2D eigenvalue weighted by atomic mass is 19.1. The Morgan fingerprint density at radius 1 is 1.29 bits per heavy atom. The van der Waals surface area contributed by atoms with Crippen molar-refractivity contribution in [3.05, 3.63) is 64.0 Å². The number of carbonyl (C=O) groups excluding carboxylic acids is 1. The van der Waals surface area contributed by atoms with Gasteiger partial charge in [-0.1, -0.05) is 19.4 Å². The third-order valence-electron chi connectivity index (χ3n) is 3.26. The fraction of sp³-hybridized carbons (Fsp3) is 0.235. The van der Waals surface area contributed by atoms with Crippen LogP contribution < -0.4 is 10.1 Å². The first-order valence-corrected chi connectivity index (χ1v) is 7.49. The summed E-state index contributed by atoms with van der Waals surface area (Å²) in [7, 11) is 0. The summed E-state index contributed by atoms with van der Waals surface area (Å²) in [6, 6.07) is 9.80. The molecule has 0 saturated heterocycles. The molecule has 0 unspecified atom stereocenters. The maximum absolute atomic E-state index is 13.3. The van der Waals surface area contributed by atoms with Gasteiger partial charge in [-0.25, -0.2) is 0 Å². The molecule has 2 rings (SSSR count). The van der Waals surface area contributed by atoms with Crippen LogP contribution in [0.1, 0.15) is 30.1 Å². The second-order valence-electron chi connectivity index (χ2n) is 5.11. The first-order valence-electron chi connectivity index (χ1n) is 7.49. The van der Waals surface area contributed by atoms with Gasteiger partial charge in [-0.2, -0.15) is 4.39 Å². The molecule has 0 spiro atoms. The fourth-order valence-electron chi connectivity index (χ4n) is 2.00. The van der Waals surface area contributed by atoms with E-state index in [0.717, 1.165) is 25.0 Å². The number of rotatable bonds is 7. The average molecular weight is 332 g/mol. The Morgan fingerprint density at radius 2 is 2.08 bits per heavy atom. The van der Waals surface area contributed by atoms with Crippen LogP contribution in [0, 0.1) is 15.9 Å². The highest BCUT2D eigenvalue weighted by Crippen LogP contribution is 2.22. The minimum atomic E-state index is -0.954. The molecule has 2 aromatic carbocycles. The largest absolute Gasteiger partial charge is 0.494 e. The van der Waals surface area contributed by atoms with Crippen molar-refractivity contribution >= 4 is 17.3 Å². The summed E-state index contributed by atoms with van der Waals surface area (Å²) >= 11 is 0. The van der Waals surface area contributed by atoms with Gasteiger partial charge in [0.2, 0.25) is 5.82 Å². The zero-order valence-corrected chi connectivity index (χ0v) is 13.1. The van der Waals surface area contributed by atoms with E-state index in [2.05, 4.69) is 12.2 Å². The second kappa shape index (κ2) is 8.05. The number of hydrogen-bond donors (Lipinski definition) is 1. The lowest BCUT2D eigenvalue weighted by Crippen LogP contribution is -2.12. The summed E-state index contributed by atoms with van der Waals surface area (Å²) < 4.78 is 18.8. The molecule has 0 aliphatic carbocycles. The van der Waals surface area contributed by atoms with Crippen molar-refractivity contribution in [3.8, 4) is 5.75 Å². The molecule has 7 heteroatoms. The summed E-state index contributed by atoms with van der Waals surface area (Å²) in [5.41, 5.74) is -0.203. The van der Waals surface area contributed by atoms with Crippen molar-refractivity contribution < 1.29 is 18.8 Å². The first kappa shape index (κ1) is 17.4. The van der Waals surface area contributed by atoms with Crippen molar-refractivity contribution in [2.45, 2.75) is 19.8 Å². The van der Waals surface area contributed by atoms with Gasteiger partial charge < -0.3 is 10.1 Å². The minimum Gasteiger partial charge on any atom is -0.494 e. The van der Waals surface area contributed by atoms with Gasteiger partial charge in [0.15, 0.2) is 0 Å². The van der Waals surface area contributed by atoms with E-state index in [9.17, 15) is 19.3 Å². The van der Waals surface area contributed by atoms with Gasteiger partial charge in [0.05, 0.1) is 11.5 Å². The molecule has 0 bridgehead atoms. The zero-order chi connectivity index (χ0) is 17.5. The summed E-state index contributed by atoms with van der Waals surface area (Å²) in [6.45, 7) is 2.61. The molecule has 1 amide bonds. The standard InChI is InChI=1S/C17H17FN2O4/c1-2-3-9-24-14-6-4-5-12(10-14)17(21)19-13-7-8-15(18)16(11-13)20(22)23/h4-8,10-11H,2-3,9H2,1H3,(H,19,21). The van der Waals surface area contributed by atoms with Gasteiger partial charge >= 0.3 is 5.69 Å². The summed E-state index contributed by atoms with van der Waals surface area (Å²) in [5, 5.41) is 13.2. The Balaban J connectivity index is 2.11. The number of ether oxygens (including phenoxy) is 1. The van der Waals surface area contributed by atoms with Crippen molar-refractivity contribution in [1.82, 2.24) is 0 Å². The fourth-order valence-corrected chi connectivity index (χ4v) is 2.00. The van der Waals surface area contributed by atoms with Crippen molar-refractivity contribution in [2.75, 3.05) is 11.9 Å². The first-order chi connectivity index (χ1) is 11.5. The molecule has 0 aliphatic heterocycles. The lowest BCUT2D eigenvalue weighted by molar-refractivity contribution is -0.387. The normalized spacial score (nSPS) is 10.2. The molecule has 0 fully saturated rings.